The van der Waals surface area contributed by atoms with E-state index >= 15 is 0 Å². The molecule has 20 heavy (non-hydrogen) atoms. The van der Waals surface area contributed by atoms with Gasteiger partial charge in [-0.3, -0.25) is 9.59 Å². The summed E-state index contributed by atoms with van der Waals surface area (Å²) in [5.41, 5.74) is 0. The van der Waals surface area contributed by atoms with Crippen LogP contribution in [0.15, 0.2) is 42.5 Å². The molecule has 100 valence electrons. The Morgan fingerprint density at radius 2 is 1.90 bits per heavy atom. The third-order valence-electron chi connectivity index (χ3n) is 4.48. The first-order chi connectivity index (χ1) is 9.74. The largest absolute Gasteiger partial charge is 0.426 e. The van der Waals surface area contributed by atoms with Crippen molar-refractivity contribution in [3.63, 3.8) is 0 Å². The molecule has 2 aliphatic rings. The van der Waals surface area contributed by atoms with E-state index in [4.69, 9.17) is 4.74 Å². The predicted octanol–water partition coefficient (Wildman–Crippen LogP) is 2.97. The molecule has 0 bridgehead atoms. The van der Waals surface area contributed by atoms with E-state index in [0.29, 0.717) is 12.2 Å². The Morgan fingerprint density at radius 3 is 2.65 bits per heavy atom. The van der Waals surface area contributed by atoms with Crippen LogP contribution in [0.1, 0.15) is 12.8 Å². The lowest BCUT2D eigenvalue weighted by molar-refractivity contribution is -0.138. The summed E-state index contributed by atoms with van der Waals surface area (Å²) in [7, 11) is 0. The van der Waals surface area contributed by atoms with Gasteiger partial charge in [0.1, 0.15) is 11.5 Å². The van der Waals surface area contributed by atoms with Crippen molar-refractivity contribution in [2.24, 2.45) is 17.8 Å². The average Bonchev–Trinajstić information content (AvgIpc) is 3.08. The summed E-state index contributed by atoms with van der Waals surface area (Å²) in [5, 5.41) is 2.16. The Balaban J connectivity index is 1.53. The molecular weight excluding hydrogens is 252 g/mol. The fourth-order valence-corrected chi connectivity index (χ4v) is 3.38. The lowest BCUT2D eigenvalue weighted by Gasteiger charge is -2.06. The van der Waals surface area contributed by atoms with Gasteiger partial charge in [0.05, 0.1) is 5.92 Å². The highest BCUT2D eigenvalue weighted by molar-refractivity contribution is 5.95. The van der Waals surface area contributed by atoms with Crippen LogP contribution in [0.3, 0.4) is 0 Å². The van der Waals surface area contributed by atoms with Gasteiger partial charge in [0.2, 0.25) is 0 Å². The van der Waals surface area contributed by atoms with Crippen LogP contribution in [0.25, 0.3) is 10.8 Å². The van der Waals surface area contributed by atoms with E-state index in [1.54, 1.807) is 6.07 Å². The summed E-state index contributed by atoms with van der Waals surface area (Å²) in [6.45, 7) is 0. The summed E-state index contributed by atoms with van der Waals surface area (Å²) in [6, 6.07) is 13.6. The highest BCUT2D eigenvalue weighted by atomic mass is 16.5. The lowest BCUT2D eigenvalue weighted by Crippen LogP contribution is -2.15. The minimum absolute atomic E-state index is 0.0528. The van der Waals surface area contributed by atoms with Crippen LogP contribution in [0.4, 0.5) is 0 Å². The summed E-state index contributed by atoms with van der Waals surface area (Å²) in [4.78, 5) is 23.6. The van der Waals surface area contributed by atoms with Gasteiger partial charge >= 0.3 is 5.97 Å². The zero-order chi connectivity index (χ0) is 13.7. The van der Waals surface area contributed by atoms with Gasteiger partial charge in [-0.05, 0) is 35.2 Å². The first-order valence-corrected chi connectivity index (χ1v) is 6.97. The van der Waals surface area contributed by atoms with Crippen LogP contribution in [0.2, 0.25) is 0 Å². The Morgan fingerprint density at radius 1 is 1.10 bits per heavy atom. The standard InChI is InChI=1S/C17H14O3/c18-14-8-7-13-15(14)16(13)17(19)20-12-6-5-10-3-1-2-4-11(10)9-12/h1-6,9,13,15-16H,7-8H2/t13?,15-,16+/m1/s1. The molecule has 3 heteroatoms. The van der Waals surface area contributed by atoms with Crippen LogP contribution in [-0.2, 0) is 9.59 Å². The number of hydrogen-bond acceptors (Lipinski definition) is 3. The first-order valence-electron chi connectivity index (χ1n) is 6.97. The summed E-state index contributed by atoms with van der Waals surface area (Å²) in [6.07, 6.45) is 1.48. The van der Waals surface area contributed by atoms with Crippen LogP contribution in [0.5, 0.6) is 5.75 Å². The van der Waals surface area contributed by atoms with E-state index in [1.165, 1.54) is 0 Å². The van der Waals surface area contributed by atoms with Gasteiger partial charge in [0.15, 0.2) is 0 Å². The monoisotopic (exact) mass is 266 g/mol. The van der Waals surface area contributed by atoms with Gasteiger partial charge in [-0.2, -0.15) is 0 Å². The Bertz CT molecular complexity index is 719. The maximum atomic E-state index is 12.1. The minimum atomic E-state index is -0.247. The second-order valence-corrected chi connectivity index (χ2v) is 5.65. The van der Waals surface area contributed by atoms with Crippen molar-refractivity contribution in [3.05, 3.63) is 42.5 Å². The van der Waals surface area contributed by atoms with E-state index < -0.39 is 0 Å². The number of rotatable bonds is 2. The number of carbonyl (C=O) groups excluding carboxylic acids is 2. The maximum Gasteiger partial charge on any atom is 0.315 e. The molecule has 0 saturated heterocycles. The topological polar surface area (TPSA) is 43.4 Å². The van der Waals surface area contributed by atoms with Gasteiger partial charge in [0, 0.05) is 12.3 Å². The van der Waals surface area contributed by atoms with Crippen molar-refractivity contribution in [2.45, 2.75) is 12.8 Å². The summed E-state index contributed by atoms with van der Waals surface area (Å²) >= 11 is 0. The lowest BCUT2D eigenvalue weighted by atomic mass is 10.1. The molecule has 2 saturated carbocycles. The molecule has 0 aromatic heterocycles. The van der Waals surface area contributed by atoms with E-state index in [0.717, 1.165) is 17.2 Å². The molecule has 0 N–H and O–H groups in total. The van der Waals surface area contributed by atoms with Crippen LogP contribution in [0, 0.1) is 17.8 Å². The predicted molar refractivity (Wildman–Crippen MR) is 74.3 cm³/mol. The van der Waals surface area contributed by atoms with Gasteiger partial charge in [-0.15, -0.1) is 0 Å². The van der Waals surface area contributed by atoms with E-state index in [-0.39, 0.29) is 29.5 Å². The summed E-state index contributed by atoms with van der Waals surface area (Å²) in [5.74, 6) is 0.547. The average molecular weight is 266 g/mol. The number of benzene rings is 2. The highest BCUT2D eigenvalue weighted by Crippen LogP contribution is 2.55. The molecule has 2 aliphatic carbocycles. The fraction of sp³-hybridized carbons (Fsp3) is 0.294. The highest BCUT2D eigenvalue weighted by Gasteiger charge is 2.62. The molecule has 3 nitrogen and oxygen atoms in total. The SMILES string of the molecule is O=C1CCC2[C@H]1[C@H]2C(=O)Oc1ccc2ccccc2c1. The Labute approximate surface area is 116 Å². The summed E-state index contributed by atoms with van der Waals surface area (Å²) < 4.78 is 5.44. The smallest absolute Gasteiger partial charge is 0.315 e. The third kappa shape index (κ3) is 1.73. The van der Waals surface area contributed by atoms with Gasteiger partial charge in [-0.25, -0.2) is 0 Å². The number of fused-ring (bicyclic) bond motifs is 2. The normalized spacial score (nSPS) is 27.4. The van der Waals surface area contributed by atoms with E-state index in [9.17, 15) is 9.59 Å². The number of esters is 1. The molecule has 1 unspecified atom stereocenters. The molecular formula is C17H14O3. The van der Waals surface area contributed by atoms with Crippen molar-refractivity contribution in [3.8, 4) is 5.75 Å². The number of Topliss-reactive ketones (excluding diaryl/α,β-unsaturated/α-hetero) is 1. The van der Waals surface area contributed by atoms with Crippen molar-refractivity contribution >= 4 is 22.5 Å². The van der Waals surface area contributed by atoms with Gasteiger partial charge in [-0.1, -0.05) is 30.3 Å². The third-order valence-corrected chi connectivity index (χ3v) is 4.48. The number of ketones is 1. The van der Waals surface area contributed by atoms with Crippen LogP contribution in [-0.4, -0.2) is 11.8 Å². The molecule has 0 radical (unpaired) electrons. The molecule has 3 atom stereocenters. The molecule has 0 amide bonds. The van der Waals surface area contributed by atoms with Crippen molar-refractivity contribution in [1.82, 2.24) is 0 Å². The van der Waals surface area contributed by atoms with Crippen molar-refractivity contribution in [2.75, 3.05) is 0 Å². The molecule has 0 heterocycles. The van der Waals surface area contributed by atoms with Crippen LogP contribution >= 0.6 is 0 Å². The minimum Gasteiger partial charge on any atom is -0.426 e. The van der Waals surface area contributed by atoms with Crippen molar-refractivity contribution in [1.29, 1.82) is 0 Å². The zero-order valence-electron chi connectivity index (χ0n) is 10.9. The Kier molecular flexibility index (Phi) is 2.43. The number of hydrogen-bond donors (Lipinski definition) is 0. The van der Waals surface area contributed by atoms with Crippen LogP contribution < -0.4 is 4.74 Å². The van der Waals surface area contributed by atoms with E-state index in [2.05, 4.69) is 0 Å². The second kappa shape index (κ2) is 4.17. The first kappa shape index (κ1) is 11.6. The molecule has 0 spiro atoms. The molecule has 2 aromatic rings. The van der Waals surface area contributed by atoms with E-state index in [1.807, 2.05) is 36.4 Å². The van der Waals surface area contributed by atoms with Crippen molar-refractivity contribution < 1.29 is 14.3 Å². The fourth-order valence-electron chi connectivity index (χ4n) is 3.38. The number of ether oxygens (including phenoxy) is 1. The molecule has 2 aromatic carbocycles. The molecule has 2 fully saturated rings. The molecule has 0 aliphatic heterocycles. The number of carbonyl (C=O) groups is 2. The second-order valence-electron chi connectivity index (χ2n) is 5.65. The van der Waals surface area contributed by atoms with Gasteiger partial charge in [0.25, 0.3) is 0 Å². The molecule has 4 rings (SSSR count). The van der Waals surface area contributed by atoms with Gasteiger partial charge < -0.3 is 4.74 Å². The quantitative estimate of drug-likeness (QED) is 0.620. The maximum absolute atomic E-state index is 12.1. The Hall–Kier alpha value is -2.16. The zero-order valence-corrected chi connectivity index (χ0v) is 10.9.